The molecule has 0 amide bonds. The molecule has 0 saturated carbocycles. The minimum atomic E-state index is -0.0399. The molecule has 0 N–H and O–H groups in total. The van der Waals surface area contributed by atoms with Gasteiger partial charge in [0, 0.05) is 60.7 Å². The molecular formula is C64H43N5OPt-2. The maximum atomic E-state index is 6.77. The predicted octanol–water partition coefficient (Wildman–Crippen LogP) is 15.3. The predicted molar refractivity (Wildman–Crippen MR) is 283 cm³/mol. The van der Waals surface area contributed by atoms with Crippen molar-refractivity contribution in [1.29, 1.82) is 0 Å². The van der Waals surface area contributed by atoms with Gasteiger partial charge in [-0.15, -0.1) is 29.7 Å². The number of imidazole rings is 1. The van der Waals surface area contributed by atoms with Crippen LogP contribution in [0.1, 0.15) is 26.3 Å². The summed E-state index contributed by atoms with van der Waals surface area (Å²) in [5, 5.41) is 4.57. The van der Waals surface area contributed by atoms with Crippen molar-refractivity contribution >= 4 is 54.6 Å². The van der Waals surface area contributed by atoms with Crippen LogP contribution in [0.2, 0.25) is 0 Å². The quantitative estimate of drug-likeness (QED) is 0.127. The Morgan fingerprint density at radius 2 is 1.08 bits per heavy atom. The molecule has 4 aromatic heterocycles. The Balaban J connectivity index is 0.00000492. The summed E-state index contributed by atoms with van der Waals surface area (Å²) in [6.45, 7) is 6.69. The summed E-state index contributed by atoms with van der Waals surface area (Å²) in [6.07, 6.45) is 5.86. The molecule has 71 heavy (non-hydrogen) atoms. The third-order valence-electron chi connectivity index (χ3n) is 14.1. The van der Waals surface area contributed by atoms with E-state index in [2.05, 4.69) is 239 Å². The molecule has 0 saturated heterocycles. The monoisotopic (exact) mass is 1090 g/mol. The fourth-order valence-electron chi connectivity index (χ4n) is 10.9. The van der Waals surface area contributed by atoms with E-state index in [1.165, 1.54) is 27.5 Å². The van der Waals surface area contributed by atoms with Crippen molar-refractivity contribution in [1.82, 2.24) is 18.7 Å². The van der Waals surface area contributed by atoms with Gasteiger partial charge in [0.05, 0.1) is 22.1 Å². The molecule has 7 heteroatoms. The Labute approximate surface area is 425 Å². The van der Waals surface area contributed by atoms with Gasteiger partial charge < -0.3 is 18.4 Å². The van der Waals surface area contributed by atoms with Gasteiger partial charge in [-0.2, -0.15) is 18.2 Å². The molecular weight excluding hydrogens is 1050 g/mol. The molecule has 0 unspecified atom stereocenters. The molecule has 0 bridgehead atoms. The summed E-state index contributed by atoms with van der Waals surface area (Å²) in [6, 6.07) is 78.6. The van der Waals surface area contributed by atoms with Crippen molar-refractivity contribution in [2.75, 3.05) is 0 Å². The van der Waals surface area contributed by atoms with Crippen LogP contribution >= 0.6 is 0 Å². The number of benzene rings is 9. The molecule has 13 aromatic rings. The molecule has 0 aliphatic carbocycles. The van der Waals surface area contributed by atoms with Crippen LogP contribution in [-0.4, -0.2) is 18.7 Å². The molecule has 0 radical (unpaired) electrons. The van der Waals surface area contributed by atoms with Crippen LogP contribution in [0.5, 0.6) is 11.5 Å². The second kappa shape index (κ2) is 16.4. The molecule has 9 aromatic carbocycles. The number of fused-ring (bicyclic) bond motifs is 14. The van der Waals surface area contributed by atoms with Crippen LogP contribution in [0.25, 0.3) is 111 Å². The third-order valence-corrected chi connectivity index (χ3v) is 14.1. The smallest absolute Gasteiger partial charge is 0.268 e. The van der Waals surface area contributed by atoms with Gasteiger partial charge in [-0.3, -0.25) is 4.57 Å². The summed E-state index contributed by atoms with van der Waals surface area (Å²) in [7, 11) is 0. The van der Waals surface area contributed by atoms with Gasteiger partial charge in [-0.25, -0.2) is 4.98 Å². The van der Waals surface area contributed by atoms with Crippen LogP contribution in [-0.2, 0) is 26.5 Å². The first kappa shape index (κ1) is 42.8. The molecule has 1 aliphatic rings. The zero-order chi connectivity index (χ0) is 46.7. The third kappa shape index (κ3) is 6.66. The van der Waals surface area contributed by atoms with Crippen molar-refractivity contribution in [3.05, 3.63) is 230 Å². The Bertz CT molecular complexity index is 4270. The first-order chi connectivity index (χ1) is 34.4. The van der Waals surface area contributed by atoms with E-state index >= 15 is 0 Å². The van der Waals surface area contributed by atoms with Gasteiger partial charge in [-0.1, -0.05) is 160 Å². The molecule has 342 valence electrons. The van der Waals surface area contributed by atoms with Gasteiger partial charge in [-0.05, 0) is 91.8 Å². The van der Waals surface area contributed by atoms with Gasteiger partial charge in [0.15, 0.2) is 0 Å². The number of para-hydroxylation sites is 4. The van der Waals surface area contributed by atoms with E-state index < -0.39 is 0 Å². The average molecular weight is 1090 g/mol. The number of aromatic nitrogens is 5. The number of ether oxygens (including phenoxy) is 1. The summed E-state index contributed by atoms with van der Waals surface area (Å²) in [4.78, 5) is 4.89. The number of pyridine rings is 1. The van der Waals surface area contributed by atoms with Crippen LogP contribution < -0.4 is 9.30 Å². The minimum Gasteiger partial charge on any atom is -0.510 e. The first-order valence-electron chi connectivity index (χ1n) is 23.8. The molecule has 0 atom stereocenters. The minimum absolute atomic E-state index is 0. The van der Waals surface area contributed by atoms with Crippen molar-refractivity contribution in [3.63, 3.8) is 0 Å². The Morgan fingerprint density at radius 3 is 1.83 bits per heavy atom. The Morgan fingerprint density at radius 1 is 0.493 bits per heavy atom. The number of hydrogen-bond acceptors (Lipinski definition) is 2. The second-order valence-corrected chi connectivity index (χ2v) is 19.2. The van der Waals surface area contributed by atoms with E-state index in [-0.39, 0.29) is 26.5 Å². The van der Waals surface area contributed by atoms with Crippen LogP contribution in [0.4, 0.5) is 0 Å². The van der Waals surface area contributed by atoms with Gasteiger partial charge >= 0.3 is 0 Å². The van der Waals surface area contributed by atoms with E-state index in [4.69, 9.17) is 9.72 Å². The van der Waals surface area contributed by atoms with E-state index in [0.29, 0.717) is 11.5 Å². The SMILES string of the molecule is CC(C)(C)c1ccnc(-n2c3[c-]c(Oc4[c-]c(-n5[c-][n+]6c7c(cccc75)-c5ccccc5-c5ccccc5-c5ccc7c8ccccc8n(-c8ccccc8)c7c5-6)ccc4)ccc3c3ccccc32)c1.[Pt]. The molecule has 0 fully saturated rings. The van der Waals surface area contributed by atoms with Crippen molar-refractivity contribution in [2.45, 2.75) is 26.2 Å². The standard InChI is InChI=1S/C64H43N5O.Pt/c1-64(2,3)41-35-36-65-60(37-41)69-57-29-14-11-25-50(57)52-32-31-45(39-59(52)69)70-44-20-15-19-43(38-44)66-40-67-61-53(27-16-30-58(61)66)48-23-9-7-21-46(48)47-22-8-10-24-49(47)54-33-34-55-51-26-12-13-28-56(51)68(63(55)62(54)67)42-17-5-4-6-18-42;/h4-37H,1-3H3;/q-2;. The molecule has 6 nitrogen and oxygen atoms in total. The summed E-state index contributed by atoms with van der Waals surface area (Å²) >= 11 is 0. The van der Waals surface area contributed by atoms with E-state index in [1.54, 1.807) is 0 Å². The number of nitrogens with zero attached hydrogens (tertiary/aromatic N) is 5. The van der Waals surface area contributed by atoms with E-state index in [1.807, 2.05) is 24.4 Å². The fourth-order valence-corrected chi connectivity index (χ4v) is 10.9. The van der Waals surface area contributed by atoms with Crippen molar-refractivity contribution in [2.24, 2.45) is 0 Å². The molecule has 5 heterocycles. The van der Waals surface area contributed by atoms with Crippen LogP contribution in [0, 0.1) is 18.5 Å². The molecule has 0 spiro atoms. The van der Waals surface area contributed by atoms with Gasteiger partial charge in [0.25, 0.3) is 6.33 Å². The van der Waals surface area contributed by atoms with Crippen molar-refractivity contribution in [3.8, 4) is 67.8 Å². The van der Waals surface area contributed by atoms with E-state index in [9.17, 15) is 0 Å². The normalized spacial score (nSPS) is 12.0. The van der Waals surface area contributed by atoms with Gasteiger partial charge in [0.1, 0.15) is 11.5 Å². The van der Waals surface area contributed by atoms with Crippen LogP contribution in [0.15, 0.2) is 206 Å². The summed E-state index contributed by atoms with van der Waals surface area (Å²) < 4.78 is 15.8. The maximum Gasteiger partial charge on any atom is 0.268 e. The first-order valence-corrected chi connectivity index (χ1v) is 23.8. The van der Waals surface area contributed by atoms with Crippen molar-refractivity contribution < 1.29 is 30.4 Å². The maximum absolute atomic E-state index is 6.77. The Hall–Kier alpha value is -8.31. The summed E-state index contributed by atoms with van der Waals surface area (Å²) in [5.41, 5.74) is 17.2. The zero-order valence-corrected chi connectivity index (χ0v) is 41.4. The zero-order valence-electron chi connectivity index (χ0n) is 39.1. The second-order valence-electron chi connectivity index (χ2n) is 19.2. The average Bonchev–Trinajstić information content (AvgIpc) is 4.07. The van der Waals surface area contributed by atoms with E-state index in [0.717, 1.165) is 89.0 Å². The fraction of sp³-hybridized carbons (Fsp3) is 0.0625. The van der Waals surface area contributed by atoms with Crippen LogP contribution in [0.3, 0.4) is 0 Å². The number of rotatable bonds is 5. The number of hydrogen-bond donors (Lipinski definition) is 0. The van der Waals surface area contributed by atoms with Gasteiger partial charge in [0.2, 0.25) is 0 Å². The molecule has 14 rings (SSSR count). The molecule has 1 aliphatic heterocycles. The summed E-state index contributed by atoms with van der Waals surface area (Å²) in [5.74, 6) is 1.99. The Kier molecular flexibility index (Phi) is 9.88. The largest absolute Gasteiger partial charge is 0.510 e. The topological polar surface area (TPSA) is 40.8 Å².